The second-order valence-electron chi connectivity index (χ2n) is 13.3. The number of carbonyl (C=O) groups is 1. The Kier molecular flexibility index (Phi) is 15.0. The fourth-order valence-electron chi connectivity index (χ4n) is 6.77. The molecule has 16 heteroatoms. The molecule has 53 heavy (non-hydrogen) atoms. The quantitative estimate of drug-likeness (QED) is 0.0906. The Morgan fingerprint density at radius 3 is 2.36 bits per heavy atom. The van der Waals surface area contributed by atoms with Crippen molar-refractivity contribution in [2.24, 2.45) is 0 Å². The van der Waals surface area contributed by atoms with Crippen LogP contribution in [0, 0.1) is 12.3 Å². The highest BCUT2D eigenvalue weighted by atomic mass is 35.5. The van der Waals surface area contributed by atoms with E-state index in [1.807, 2.05) is 35.4 Å². The van der Waals surface area contributed by atoms with Gasteiger partial charge in [0.25, 0.3) is 0 Å². The summed E-state index contributed by atoms with van der Waals surface area (Å²) in [5.74, 6) is 2.81. The number of piperidine rings is 1. The van der Waals surface area contributed by atoms with Gasteiger partial charge in [0.2, 0.25) is 12.3 Å². The predicted octanol–water partition coefficient (Wildman–Crippen LogP) is 3.17. The van der Waals surface area contributed by atoms with Crippen LogP contribution in [0.25, 0.3) is 11.0 Å². The number of carbonyl (C=O) groups excluding carboxylic acids is 1. The van der Waals surface area contributed by atoms with Crippen LogP contribution in [-0.2, 0) is 56.8 Å². The zero-order chi connectivity index (χ0) is 37.8. The number of rotatable bonds is 22. The lowest BCUT2D eigenvalue weighted by Crippen LogP contribution is -2.52. The molecule has 1 atom stereocenters. The highest BCUT2D eigenvalue weighted by molar-refractivity contribution is 7.91. The van der Waals surface area contributed by atoms with Gasteiger partial charge in [0.1, 0.15) is 12.4 Å². The van der Waals surface area contributed by atoms with Gasteiger partial charge in [0.15, 0.2) is 9.84 Å². The molecule has 1 amide bonds. The maximum absolute atomic E-state index is 14.4. The van der Waals surface area contributed by atoms with Gasteiger partial charge in [0, 0.05) is 30.9 Å². The molecule has 2 aliphatic rings. The van der Waals surface area contributed by atoms with Crippen molar-refractivity contribution in [1.29, 1.82) is 0 Å². The van der Waals surface area contributed by atoms with Gasteiger partial charge >= 0.3 is 0 Å². The Labute approximate surface area is 316 Å². The van der Waals surface area contributed by atoms with Crippen molar-refractivity contribution in [2.75, 3.05) is 82.4 Å². The molecule has 0 aliphatic carbocycles. The number of hydrogen-bond donors (Lipinski definition) is 1. The van der Waals surface area contributed by atoms with Crippen molar-refractivity contribution in [3.63, 3.8) is 0 Å². The van der Waals surface area contributed by atoms with Crippen molar-refractivity contribution in [1.82, 2.24) is 19.4 Å². The highest BCUT2D eigenvalue weighted by Gasteiger charge is 2.52. The summed E-state index contributed by atoms with van der Waals surface area (Å²) >= 11 is 6.33. The second kappa shape index (κ2) is 19.4. The van der Waals surface area contributed by atoms with Gasteiger partial charge in [-0.3, -0.25) is 14.7 Å². The Hall–Kier alpha value is -3.17. The van der Waals surface area contributed by atoms with E-state index in [2.05, 4.69) is 10.9 Å². The number of nitrogens with zero attached hydrogens (tertiary/aromatic N) is 5. The zero-order valence-corrected chi connectivity index (χ0v) is 32.0. The van der Waals surface area contributed by atoms with E-state index >= 15 is 0 Å². The topological polar surface area (TPSA) is 155 Å². The number of sulfone groups is 1. The molecule has 0 bridgehead atoms. The average Bonchev–Trinajstić information content (AvgIpc) is 3.57. The van der Waals surface area contributed by atoms with Gasteiger partial charge in [-0.05, 0) is 62.9 Å². The van der Waals surface area contributed by atoms with Gasteiger partial charge < -0.3 is 38.3 Å². The number of aryl methyl sites for hydroxylation is 1. The summed E-state index contributed by atoms with van der Waals surface area (Å²) in [7, 11) is -3.40. The number of hydrogen-bond acceptors (Lipinski definition) is 12. The lowest BCUT2D eigenvalue weighted by atomic mass is 9.74. The van der Waals surface area contributed by atoms with Crippen LogP contribution in [0.15, 0.2) is 36.7 Å². The van der Waals surface area contributed by atoms with Crippen molar-refractivity contribution in [3.8, 4) is 12.3 Å². The minimum absolute atomic E-state index is 0.0384. The van der Waals surface area contributed by atoms with Crippen LogP contribution >= 0.6 is 11.6 Å². The third-order valence-electron chi connectivity index (χ3n) is 9.38. The molecule has 1 spiro atoms. The smallest absolute Gasteiger partial charge is 0.238 e. The first-order valence-corrected chi connectivity index (χ1v) is 20.2. The van der Waals surface area contributed by atoms with Crippen LogP contribution < -0.4 is 4.90 Å². The first-order chi connectivity index (χ1) is 25.5. The Bertz CT molecular complexity index is 1810. The lowest BCUT2D eigenvalue weighted by molar-refractivity contribution is -0.217. The maximum Gasteiger partial charge on any atom is 0.238 e. The summed E-state index contributed by atoms with van der Waals surface area (Å²) < 4.78 is 54.9. The van der Waals surface area contributed by atoms with Crippen molar-refractivity contribution >= 4 is 44.1 Å². The molecule has 290 valence electrons. The van der Waals surface area contributed by atoms with E-state index in [9.17, 15) is 18.3 Å². The molecule has 1 N–H and O–H groups in total. The Morgan fingerprint density at radius 2 is 1.68 bits per heavy atom. The molecule has 2 aromatic heterocycles. The largest absolute Gasteiger partial charge is 0.378 e. The highest BCUT2D eigenvalue weighted by Crippen LogP contribution is 2.48. The molecule has 1 saturated heterocycles. The van der Waals surface area contributed by atoms with Crippen LogP contribution in [0.2, 0.25) is 5.02 Å². The van der Waals surface area contributed by atoms with E-state index in [-0.39, 0.29) is 49.9 Å². The molecule has 0 saturated carbocycles. The summed E-state index contributed by atoms with van der Waals surface area (Å²) in [5.41, 5.74) is 2.33. The molecule has 3 aromatic rings. The molecule has 1 unspecified atom stereocenters. The number of imidazole rings is 1. The predicted molar refractivity (Wildman–Crippen MR) is 200 cm³/mol. The van der Waals surface area contributed by atoms with E-state index in [1.165, 1.54) is 0 Å². The molecular weight excluding hydrogens is 726 g/mol. The number of aromatic nitrogens is 3. The number of terminal acetylenes is 1. The van der Waals surface area contributed by atoms with Gasteiger partial charge in [-0.2, -0.15) is 0 Å². The SMILES string of the molecule is C#CCOCCOCCOCCOCCS(=O)(=O)CCCn1c(CN2C(=O)C3(CCN(C(O)OC(C)C)CC3)c3ccncc32)nc2cc(Cl)ccc21. The third kappa shape index (κ3) is 10.7. The number of likely N-dealkylation sites (tertiary alicyclic amines) is 1. The van der Waals surface area contributed by atoms with E-state index < -0.39 is 21.7 Å². The Balaban J connectivity index is 1.16. The zero-order valence-electron chi connectivity index (χ0n) is 30.5. The summed E-state index contributed by atoms with van der Waals surface area (Å²) in [6, 6.07) is 7.31. The normalized spacial score (nSPS) is 16.5. The van der Waals surface area contributed by atoms with Gasteiger partial charge in [-0.25, -0.2) is 13.4 Å². The van der Waals surface area contributed by atoms with Crippen LogP contribution in [0.5, 0.6) is 0 Å². The first kappa shape index (κ1) is 41.0. The summed E-state index contributed by atoms with van der Waals surface area (Å²) in [5, 5.41) is 11.1. The van der Waals surface area contributed by atoms with Crippen LogP contribution in [0.1, 0.15) is 44.5 Å². The molecule has 0 radical (unpaired) electrons. The molecule has 1 aromatic carbocycles. The number of aliphatic hydroxyl groups excluding tert-OH is 1. The number of fused-ring (bicyclic) bond motifs is 3. The van der Waals surface area contributed by atoms with Gasteiger partial charge in [-0.15, -0.1) is 6.42 Å². The van der Waals surface area contributed by atoms with Gasteiger partial charge in [-0.1, -0.05) is 17.5 Å². The lowest BCUT2D eigenvalue weighted by Gasteiger charge is -2.40. The first-order valence-electron chi connectivity index (χ1n) is 18.0. The molecule has 5 rings (SSSR count). The van der Waals surface area contributed by atoms with E-state index in [0.29, 0.717) is 88.3 Å². The van der Waals surface area contributed by atoms with E-state index in [4.69, 9.17) is 46.7 Å². The van der Waals surface area contributed by atoms with E-state index in [0.717, 1.165) is 16.8 Å². The molecular formula is C37H50ClN5O9S. The van der Waals surface area contributed by atoms with E-state index in [1.54, 1.807) is 29.4 Å². The van der Waals surface area contributed by atoms with Crippen molar-refractivity contribution < 1.29 is 42.0 Å². The third-order valence-corrected chi connectivity index (χ3v) is 11.3. The standard InChI is InChI=1S/C37H50ClN5O9S/c1-4-15-48-16-17-49-18-19-50-20-21-51-22-24-53(46,47)23-5-12-42-32-7-6-29(38)25-31(32)40-34(42)27-43-33-26-39-11-8-30(33)37(35(43)44)9-13-41(14-10-37)36(45)52-28(2)3/h1,6-8,11,25-26,28,36,45H,5,9-10,12-24,27H2,2-3H3. The van der Waals surface area contributed by atoms with Crippen LogP contribution in [-0.4, -0.2) is 129 Å². The Morgan fingerprint density at radius 1 is 1.00 bits per heavy atom. The number of halogens is 1. The molecule has 14 nitrogen and oxygen atoms in total. The summed E-state index contributed by atoms with van der Waals surface area (Å²) in [6.07, 6.45) is 8.73. The minimum atomic E-state index is -3.40. The second-order valence-corrected chi connectivity index (χ2v) is 16.1. The maximum atomic E-state index is 14.4. The number of ether oxygens (including phenoxy) is 5. The van der Waals surface area contributed by atoms with Crippen molar-refractivity contribution in [3.05, 3.63) is 53.1 Å². The van der Waals surface area contributed by atoms with Crippen molar-refractivity contribution in [2.45, 2.75) is 64.1 Å². The van der Waals surface area contributed by atoms with Crippen LogP contribution in [0.4, 0.5) is 5.69 Å². The fourth-order valence-corrected chi connectivity index (χ4v) is 8.08. The molecule has 2 aliphatic heterocycles. The summed E-state index contributed by atoms with van der Waals surface area (Å²) in [6.45, 7) is 7.83. The van der Waals surface area contributed by atoms with Gasteiger partial charge in [0.05, 0.1) is 98.7 Å². The van der Waals surface area contributed by atoms with Crippen LogP contribution in [0.3, 0.4) is 0 Å². The number of amides is 1. The molecule has 1 fully saturated rings. The number of aliphatic hydroxyl groups is 1. The number of anilines is 1. The number of pyridine rings is 1. The molecule has 4 heterocycles. The monoisotopic (exact) mass is 775 g/mol. The minimum Gasteiger partial charge on any atom is -0.378 e. The fraction of sp³-hybridized carbons (Fsp3) is 0.595. The summed E-state index contributed by atoms with van der Waals surface area (Å²) in [4.78, 5) is 27.2. The average molecular weight is 776 g/mol. The number of benzene rings is 1.